The summed E-state index contributed by atoms with van der Waals surface area (Å²) in [5, 5.41) is 2.50. The van der Waals surface area contributed by atoms with Crippen LogP contribution in [-0.2, 0) is 5.41 Å². The number of hydrogen-bond acceptors (Lipinski definition) is 1. The lowest BCUT2D eigenvalue weighted by molar-refractivity contribution is 0.229. The molecule has 0 bridgehead atoms. The molecule has 12 aromatic rings. The van der Waals surface area contributed by atoms with Crippen molar-refractivity contribution in [1.82, 2.24) is 4.57 Å². The molecule has 2 atom stereocenters. The van der Waals surface area contributed by atoms with Crippen molar-refractivity contribution in [1.29, 1.82) is 0 Å². The van der Waals surface area contributed by atoms with Crippen molar-refractivity contribution in [3.05, 3.63) is 289 Å². The second-order valence-corrected chi connectivity index (χ2v) is 24.4. The molecule has 0 N–H and O–H groups in total. The first-order valence-electron chi connectivity index (χ1n) is 28.2. The molecular weight excluding hydrogens is 953 g/mol. The maximum atomic E-state index is 2.54. The number of fused-ring (bicyclic) bond motifs is 13. The van der Waals surface area contributed by atoms with Crippen LogP contribution < -0.4 is 4.90 Å². The second kappa shape index (κ2) is 18.6. The molecule has 14 rings (SSSR count). The quantitative estimate of drug-likeness (QED) is 0.140. The first kappa shape index (κ1) is 48.4. The van der Waals surface area contributed by atoms with Gasteiger partial charge in [-0.2, -0.15) is 0 Å². The van der Waals surface area contributed by atoms with E-state index in [9.17, 15) is 0 Å². The third-order valence-corrected chi connectivity index (χ3v) is 17.2. The summed E-state index contributed by atoms with van der Waals surface area (Å²) in [4.78, 5) is 2.47. The Morgan fingerprint density at radius 1 is 0.354 bits per heavy atom. The predicted molar refractivity (Wildman–Crippen MR) is 334 cm³/mol. The van der Waals surface area contributed by atoms with Gasteiger partial charge >= 0.3 is 0 Å². The molecule has 2 aliphatic rings. The molecule has 0 saturated carbocycles. The lowest BCUT2D eigenvalue weighted by Gasteiger charge is -2.36. The molecule has 0 saturated heterocycles. The number of benzene rings is 11. The summed E-state index contributed by atoms with van der Waals surface area (Å²) >= 11 is 0. The average molecular weight is 1020 g/mol. The van der Waals surface area contributed by atoms with Gasteiger partial charge in [0, 0.05) is 33.5 Å². The van der Waals surface area contributed by atoms with Crippen LogP contribution in [0.25, 0.3) is 83.1 Å². The second-order valence-electron chi connectivity index (χ2n) is 24.4. The van der Waals surface area contributed by atoms with Crippen LogP contribution in [0, 0.1) is 10.8 Å². The fourth-order valence-electron chi connectivity index (χ4n) is 13.6. The Morgan fingerprint density at radius 2 is 0.848 bits per heavy atom. The summed E-state index contributed by atoms with van der Waals surface area (Å²) in [5.74, 6) is 0.416. The van der Waals surface area contributed by atoms with Crippen molar-refractivity contribution in [3.63, 3.8) is 0 Å². The minimum absolute atomic E-state index is 0.114. The minimum Gasteiger partial charge on any atom is -0.310 e. The van der Waals surface area contributed by atoms with Gasteiger partial charge in [-0.1, -0.05) is 236 Å². The molecule has 2 nitrogen and oxygen atoms in total. The van der Waals surface area contributed by atoms with Crippen molar-refractivity contribution in [3.8, 4) is 61.3 Å². The number of hydrogen-bond donors (Lipinski definition) is 0. The van der Waals surface area contributed by atoms with Crippen LogP contribution in [0.5, 0.6) is 0 Å². The molecule has 1 aromatic heterocycles. The molecule has 79 heavy (non-hydrogen) atoms. The van der Waals surface area contributed by atoms with Crippen LogP contribution in [0.15, 0.2) is 261 Å². The number of aromatic nitrogens is 1. The number of para-hydroxylation sites is 2. The highest BCUT2D eigenvalue weighted by atomic mass is 15.1. The van der Waals surface area contributed by atoms with E-state index in [0.29, 0.717) is 5.92 Å². The lowest BCUT2D eigenvalue weighted by Crippen LogP contribution is -2.26. The first-order valence-corrected chi connectivity index (χ1v) is 28.2. The van der Waals surface area contributed by atoms with E-state index >= 15 is 0 Å². The molecule has 0 fully saturated rings. The van der Waals surface area contributed by atoms with Gasteiger partial charge in [0.15, 0.2) is 0 Å². The molecule has 0 amide bonds. The van der Waals surface area contributed by atoms with Gasteiger partial charge in [0.05, 0.1) is 16.4 Å². The van der Waals surface area contributed by atoms with Gasteiger partial charge in [-0.3, -0.25) is 0 Å². The Bertz CT molecular complexity index is 4280. The Hall–Kier alpha value is -8.98. The summed E-state index contributed by atoms with van der Waals surface area (Å²) < 4.78 is 2.41. The third-order valence-electron chi connectivity index (χ3n) is 17.2. The number of nitrogens with zero attached hydrogens (tertiary/aromatic N) is 2. The van der Waals surface area contributed by atoms with Crippen LogP contribution in [0.4, 0.5) is 17.1 Å². The van der Waals surface area contributed by atoms with E-state index in [-0.39, 0.29) is 10.8 Å². The molecule has 0 radical (unpaired) electrons. The molecule has 11 aromatic carbocycles. The van der Waals surface area contributed by atoms with Crippen molar-refractivity contribution >= 4 is 38.9 Å². The molecule has 0 aliphatic heterocycles. The zero-order valence-corrected chi connectivity index (χ0v) is 46.0. The van der Waals surface area contributed by atoms with E-state index < -0.39 is 5.41 Å². The minimum atomic E-state index is -0.557. The zero-order chi connectivity index (χ0) is 53.6. The molecule has 2 aliphatic carbocycles. The first-order chi connectivity index (χ1) is 38.4. The van der Waals surface area contributed by atoms with Gasteiger partial charge in [-0.05, 0) is 173 Å². The van der Waals surface area contributed by atoms with Crippen LogP contribution in [0.2, 0.25) is 0 Å². The van der Waals surface area contributed by atoms with Gasteiger partial charge in [-0.25, -0.2) is 0 Å². The zero-order valence-electron chi connectivity index (χ0n) is 46.0. The molecule has 2 unspecified atom stereocenters. The topological polar surface area (TPSA) is 8.17 Å². The summed E-state index contributed by atoms with van der Waals surface area (Å²) in [6.45, 7) is 14.3. The smallest absolute Gasteiger partial charge is 0.0726 e. The van der Waals surface area contributed by atoms with Crippen LogP contribution in [0.3, 0.4) is 0 Å². The van der Waals surface area contributed by atoms with Crippen LogP contribution in [-0.4, -0.2) is 4.57 Å². The summed E-state index contributed by atoms with van der Waals surface area (Å²) in [5.41, 5.74) is 25.7. The SMILES string of the molecule is CC(C)(C)CC(c1cccc(-c2ccc3c(c2)C2(c4ccccc4-3)c3ccccc3-c3ccc(N(c4ccc(-c5ccccc5)cc4)c4cccc(-c5ccc6c7ccccc7n(-c7ccccc7)c6c5)c4)cc32)c1)C(C)(C)C. The van der Waals surface area contributed by atoms with Crippen LogP contribution >= 0.6 is 0 Å². The molecule has 1 spiro atoms. The van der Waals surface area contributed by atoms with Gasteiger partial charge in [-0.15, -0.1) is 0 Å². The fraction of sp³-hybridized carbons (Fsp3) is 0.143. The van der Waals surface area contributed by atoms with Crippen molar-refractivity contribution in [2.75, 3.05) is 4.90 Å². The van der Waals surface area contributed by atoms with Crippen LogP contribution in [0.1, 0.15) is 81.7 Å². The Kier molecular flexibility index (Phi) is 11.4. The lowest BCUT2D eigenvalue weighted by atomic mass is 9.68. The predicted octanol–water partition coefficient (Wildman–Crippen LogP) is 21.2. The standard InChI is InChI=1S/C77H64N2/c1-75(2,3)50-72(76(4,5)6)57-25-19-23-53(45-57)55-37-42-64-62-29-13-16-32-68(62)77(70(64)47-55)69-33-17-14-30-63(69)65-44-41-61(49-71(65)77)78(59-39-35-52(36-40-59)51-21-9-7-10-22-51)60-28-20-24-54(46-60)56-38-43-67-66-31-15-18-34-73(66)79(74(67)48-56)58-26-11-8-12-27-58/h7-49,72H,50H2,1-6H3. The molecule has 1 heterocycles. The van der Waals surface area contributed by atoms with E-state index in [0.717, 1.165) is 34.7 Å². The fourth-order valence-corrected chi connectivity index (χ4v) is 13.6. The van der Waals surface area contributed by atoms with Gasteiger partial charge in [0.2, 0.25) is 0 Å². The van der Waals surface area contributed by atoms with Gasteiger partial charge in [0.1, 0.15) is 0 Å². The van der Waals surface area contributed by atoms with Gasteiger partial charge < -0.3 is 9.47 Å². The number of anilines is 3. The maximum Gasteiger partial charge on any atom is 0.0726 e. The summed E-state index contributed by atoms with van der Waals surface area (Å²) in [6.07, 6.45) is 1.12. The molecule has 382 valence electrons. The van der Waals surface area contributed by atoms with E-state index in [1.165, 1.54) is 99.7 Å². The summed E-state index contributed by atoms with van der Waals surface area (Å²) in [7, 11) is 0. The molecular formula is C77H64N2. The Morgan fingerprint density at radius 3 is 1.56 bits per heavy atom. The van der Waals surface area contributed by atoms with E-state index in [1.54, 1.807) is 0 Å². The highest BCUT2D eigenvalue weighted by Crippen LogP contribution is 2.64. The molecule has 2 heteroatoms. The van der Waals surface area contributed by atoms with E-state index in [2.05, 4.69) is 312 Å². The highest BCUT2D eigenvalue weighted by Gasteiger charge is 2.52. The third kappa shape index (κ3) is 8.07. The van der Waals surface area contributed by atoms with Crippen molar-refractivity contribution < 1.29 is 0 Å². The normalized spacial score (nSPS) is 14.8. The van der Waals surface area contributed by atoms with Crippen molar-refractivity contribution in [2.24, 2.45) is 10.8 Å². The Balaban J connectivity index is 0.951. The summed E-state index contributed by atoms with van der Waals surface area (Å²) in [6, 6.07) is 97.9. The largest absolute Gasteiger partial charge is 0.310 e. The monoisotopic (exact) mass is 1020 g/mol. The highest BCUT2D eigenvalue weighted by molar-refractivity contribution is 6.10. The van der Waals surface area contributed by atoms with Gasteiger partial charge in [0.25, 0.3) is 0 Å². The maximum absolute atomic E-state index is 2.54. The van der Waals surface area contributed by atoms with E-state index in [1.807, 2.05) is 0 Å². The average Bonchev–Trinajstić information content (AvgIpc) is 4.19. The van der Waals surface area contributed by atoms with Crippen molar-refractivity contribution in [2.45, 2.75) is 59.3 Å². The van der Waals surface area contributed by atoms with E-state index in [4.69, 9.17) is 0 Å². The number of rotatable bonds is 9. The Labute approximate surface area is 465 Å².